The topological polar surface area (TPSA) is 47.0 Å². The van der Waals surface area contributed by atoms with Gasteiger partial charge in [0.25, 0.3) is 0 Å². The average Bonchev–Trinajstić information content (AvgIpc) is 2.34. The average molecular weight is 272 g/mol. The maximum atomic E-state index is 5.76. The standard InChI is InChI=1S/C13H22ClN3O/c1-4-18-12-8-11(3)16-13(17-12)15-7-5-6-10(2)9-14/h8,10H,4-7,9H2,1-3H3,(H,15,16,17). The zero-order valence-corrected chi connectivity index (χ0v) is 12.1. The summed E-state index contributed by atoms with van der Waals surface area (Å²) in [4.78, 5) is 8.61. The Kier molecular flexibility index (Phi) is 6.80. The smallest absolute Gasteiger partial charge is 0.226 e. The summed E-state index contributed by atoms with van der Waals surface area (Å²) < 4.78 is 5.38. The van der Waals surface area contributed by atoms with Crippen LogP contribution in [0.15, 0.2) is 6.07 Å². The van der Waals surface area contributed by atoms with Crippen molar-refractivity contribution < 1.29 is 4.74 Å². The van der Waals surface area contributed by atoms with Gasteiger partial charge in [0.1, 0.15) is 0 Å². The van der Waals surface area contributed by atoms with Gasteiger partial charge in [0.15, 0.2) is 0 Å². The lowest BCUT2D eigenvalue weighted by atomic mass is 10.1. The third-order valence-corrected chi connectivity index (χ3v) is 3.07. The number of nitrogens with zero attached hydrogens (tertiary/aromatic N) is 2. The minimum absolute atomic E-state index is 0.561. The normalized spacial score (nSPS) is 12.2. The highest BCUT2D eigenvalue weighted by molar-refractivity contribution is 6.18. The van der Waals surface area contributed by atoms with Crippen molar-refractivity contribution >= 4 is 17.5 Å². The fourth-order valence-electron chi connectivity index (χ4n) is 1.57. The molecule has 1 N–H and O–H groups in total. The van der Waals surface area contributed by atoms with E-state index in [0.29, 0.717) is 24.4 Å². The first-order valence-electron chi connectivity index (χ1n) is 6.44. The molecule has 0 bridgehead atoms. The first-order chi connectivity index (χ1) is 8.65. The molecular weight excluding hydrogens is 250 g/mol. The molecule has 0 aromatic carbocycles. The van der Waals surface area contributed by atoms with E-state index in [1.807, 2.05) is 19.9 Å². The van der Waals surface area contributed by atoms with Crippen LogP contribution in [-0.2, 0) is 0 Å². The number of aryl methyl sites for hydroxylation is 1. The molecule has 0 spiro atoms. The second-order valence-corrected chi connectivity index (χ2v) is 4.74. The number of aromatic nitrogens is 2. The Morgan fingerprint density at radius 2 is 2.22 bits per heavy atom. The van der Waals surface area contributed by atoms with Gasteiger partial charge < -0.3 is 10.1 Å². The molecule has 0 saturated carbocycles. The third kappa shape index (κ3) is 5.54. The van der Waals surface area contributed by atoms with Gasteiger partial charge in [-0.2, -0.15) is 4.98 Å². The van der Waals surface area contributed by atoms with Crippen molar-refractivity contribution in [3.05, 3.63) is 11.8 Å². The molecule has 0 fully saturated rings. The highest BCUT2D eigenvalue weighted by Gasteiger charge is 2.03. The molecule has 0 aliphatic carbocycles. The van der Waals surface area contributed by atoms with Crippen LogP contribution in [0.1, 0.15) is 32.4 Å². The largest absolute Gasteiger partial charge is 0.478 e. The van der Waals surface area contributed by atoms with Gasteiger partial charge in [-0.25, -0.2) is 4.98 Å². The monoisotopic (exact) mass is 271 g/mol. The molecule has 4 nitrogen and oxygen atoms in total. The van der Waals surface area contributed by atoms with Crippen LogP contribution in [0.5, 0.6) is 5.88 Å². The van der Waals surface area contributed by atoms with Gasteiger partial charge >= 0.3 is 0 Å². The molecule has 1 aromatic rings. The summed E-state index contributed by atoms with van der Waals surface area (Å²) in [6, 6.07) is 1.84. The van der Waals surface area contributed by atoms with E-state index in [1.54, 1.807) is 0 Å². The van der Waals surface area contributed by atoms with Crippen LogP contribution in [0.2, 0.25) is 0 Å². The molecule has 1 aromatic heterocycles. The van der Waals surface area contributed by atoms with E-state index in [9.17, 15) is 0 Å². The van der Waals surface area contributed by atoms with E-state index in [2.05, 4.69) is 22.2 Å². The molecule has 102 valence electrons. The number of anilines is 1. The Labute approximate surface area is 114 Å². The molecule has 0 aliphatic rings. The number of ether oxygens (including phenoxy) is 1. The summed E-state index contributed by atoms with van der Waals surface area (Å²) in [6.07, 6.45) is 2.18. The molecule has 1 rings (SSSR count). The Bertz CT molecular complexity index is 360. The zero-order chi connectivity index (χ0) is 13.4. The van der Waals surface area contributed by atoms with Crippen LogP contribution in [0.4, 0.5) is 5.95 Å². The molecular formula is C13H22ClN3O. The van der Waals surface area contributed by atoms with Gasteiger partial charge in [0.05, 0.1) is 6.61 Å². The van der Waals surface area contributed by atoms with Crippen molar-refractivity contribution in [2.24, 2.45) is 5.92 Å². The van der Waals surface area contributed by atoms with Gasteiger partial charge in [0, 0.05) is 24.2 Å². The summed E-state index contributed by atoms with van der Waals surface area (Å²) in [5, 5.41) is 3.22. The highest BCUT2D eigenvalue weighted by atomic mass is 35.5. The van der Waals surface area contributed by atoms with Crippen LogP contribution in [0.3, 0.4) is 0 Å². The number of alkyl halides is 1. The van der Waals surface area contributed by atoms with Crippen LogP contribution in [0, 0.1) is 12.8 Å². The molecule has 5 heteroatoms. The number of hydrogen-bond donors (Lipinski definition) is 1. The molecule has 0 radical (unpaired) electrons. The summed E-state index contributed by atoms with van der Waals surface area (Å²) in [7, 11) is 0. The SMILES string of the molecule is CCOc1cc(C)nc(NCCCC(C)CCl)n1. The lowest BCUT2D eigenvalue weighted by Crippen LogP contribution is -2.09. The Morgan fingerprint density at radius 3 is 2.89 bits per heavy atom. The molecule has 1 atom stereocenters. The van der Waals surface area contributed by atoms with Crippen LogP contribution < -0.4 is 10.1 Å². The molecule has 1 unspecified atom stereocenters. The van der Waals surface area contributed by atoms with E-state index >= 15 is 0 Å². The van der Waals surface area contributed by atoms with Crippen LogP contribution in [-0.4, -0.2) is 29.0 Å². The molecule has 0 saturated heterocycles. The first-order valence-corrected chi connectivity index (χ1v) is 6.97. The predicted octanol–water partition coefficient (Wildman–Crippen LogP) is 3.25. The summed E-state index contributed by atoms with van der Waals surface area (Å²) >= 11 is 5.76. The van der Waals surface area contributed by atoms with Gasteiger partial charge in [-0.1, -0.05) is 6.92 Å². The maximum absolute atomic E-state index is 5.76. The van der Waals surface area contributed by atoms with Crippen molar-refractivity contribution in [3.8, 4) is 5.88 Å². The Hall–Kier alpha value is -1.03. The van der Waals surface area contributed by atoms with Gasteiger partial charge in [-0.15, -0.1) is 11.6 Å². The van der Waals surface area contributed by atoms with E-state index in [-0.39, 0.29) is 0 Å². The summed E-state index contributed by atoms with van der Waals surface area (Å²) in [5.41, 5.74) is 0.907. The van der Waals surface area contributed by atoms with Gasteiger partial charge in [0.2, 0.25) is 11.8 Å². The van der Waals surface area contributed by atoms with Gasteiger partial charge in [-0.05, 0) is 32.6 Å². The second-order valence-electron chi connectivity index (χ2n) is 4.43. The van der Waals surface area contributed by atoms with E-state index in [4.69, 9.17) is 16.3 Å². The fourth-order valence-corrected chi connectivity index (χ4v) is 1.72. The van der Waals surface area contributed by atoms with E-state index in [1.165, 1.54) is 0 Å². The predicted molar refractivity (Wildman–Crippen MR) is 75.5 cm³/mol. The second kappa shape index (κ2) is 8.14. The lowest BCUT2D eigenvalue weighted by Gasteiger charge is -2.09. The Morgan fingerprint density at radius 1 is 1.44 bits per heavy atom. The number of rotatable bonds is 8. The maximum Gasteiger partial charge on any atom is 0.226 e. The summed E-state index contributed by atoms with van der Waals surface area (Å²) in [6.45, 7) is 7.51. The minimum Gasteiger partial charge on any atom is -0.478 e. The fraction of sp³-hybridized carbons (Fsp3) is 0.692. The number of hydrogen-bond acceptors (Lipinski definition) is 4. The number of halogens is 1. The Balaban J connectivity index is 2.41. The number of nitrogens with one attached hydrogen (secondary N) is 1. The van der Waals surface area contributed by atoms with Crippen molar-refractivity contribution in [1.82, 2.24) is 9.97 Å². The summed E-state index contributed by atoms with van der Waals surface area (Å²) in [5.74, 6) is 2.54. The van der Waals surface area contributed by atoms with E-state index < -0.39 is 0 Å². The molecule has 18 heavy (non-hydrogen) atoms. The zero-order valence-electron chi connectivity index (χ0n) is 11.4. The molecule has 0 amide bonds. The third-order valence-electron chi connectivity index (χ3n) is 2.54. The first kappa shape index (κ1) is 15.0. The molecule has 0 aliphatic heterocycles. The molecule has 1 heterocycles. The van der Waals surface area contributed by atoms with E-state index in [0.717, 1.165) is 31.0 Å². The van der Waals surface area contributed by atoms with Crippen LogP contribution >= 0.6 is 11.6 Å². The van der Waals surface area contributed by atoms with Crippen molar-refractivity contribution in [2.45, 2.75) is 33.6 Å². The van der Waals surface area contributed by atoms with Crippen molar-refractivity contribution in [1.29, 1.82) is 0 Å². The van der Waals surface area contributed by atoms with Crippen molar-refractivity contribution in [2.75, 3.05) is 24.3 Å². The van der Waals surface area contributed by atoms with Crippen molar-refractivity contribution in [3.63, 3.8) is 0 Å². The highest BCUT2D eigenvalue weighted by Crippen LogP contribution is 2.12. The quantitative estimate of drug-likeness (QED) is 0.582. The lowest BCUT2D eigenvalue weighted by molar-refractivity contribution is 0.326. The minimum atomic E-state index is 0.561. The van der Waals surface area contributed by atoms with Crippen LogP contribution in [0.25, 0.3) is 0 Å². The van der Waals surface area contributed by atoms with Gasteiger partial charge in [-0.3, -0.25) is 0 Å².